The fourth-order valence-electron chi connectivity index (χ4n) is 6.93. The van der Waals surface area contributed by atoms with Gasteiger partial charge in [-0.3, -0.25) is 19.2 Å². The van der Waals surface area contributed by atoms with E-state index in [9.17, 15) is 24.0 Å². The first kappa shape index (κ1) is 27.3. The Morgan fingerprint density at radius 3 is 1.57 bits per heavy atom. The monoisotopic (exact) mass is 585 g/mol. The molecular formula is C35H27N3O6. The largest absolute Gasteiger partial charge is 0.452 e. The van der Waals surface area contributed by atoms with Gasteiger partial charge in [0.2, 0.25) is 17.7 Å². The summed E-state index contributed by atoms with van der Waals surface area (Å²) in [5, 5.41) is 5.26. The van der Waals surface area contributed by atoms with Crippen LogP contribution in [0.5, 0.6) is 0 Å². The minimum atomic E-state index is -0.718. The van der Waals surface area contributed by atoms with Gasteiger partial charge in [-0.15, -0.1) is 0 Å². The van der Waals surface area contributed by atoms with Crippen molar-refractivity contribution in [3.8, 4) is 0 Å². The summed E-state index contributed by atoms with van der Waals surface area (Å²) in [6.07, 6.45) is 0. The van der Waals surface area contributed by atoms with Crippen molar-refractivity contribution in [1.29, 1.82) is 0 Å². The van der Waals surface area contributed by atoms with Crippen LogP contribution in [0.15, 0.2) is 97.1 Å². The van der Waals surface area contributed by atoms with Crippen LogP contribution in [0.25, 0.3) is 0 Å². The van der Waals surface area contributed by atoms with Crippen LogP contribution in [-0.2, 0) is 23.9 Å². The van der Waals surface area contributed by atoms with Gasteiger partial charge >= 0.3 is 5.97 Å². The molecule has 0 saturated carbocycles. The number of nitrogens with one attached hydrogen (secondary N) is 2. The van der Waals surface area contributed by atoms with Gasteiger partial charge in [-0.25, -0.2) is 9.69 Å². The number of nitrogens with zero attached hydrogens (tertiary/aromatic N) is 1. The summed E-state index contributed by atoms with van der Waals surface area (Å²) in [6, 6.07) is 28.7. The molecule has 4 amide bonds. The van der Waals surface area contributed by atoms with E-state index in [0.717, 1.165) is 22.3 Å². The minimum absolute atomic E-state index is 0.178. The molecule has 1 heterocycles. The van der Waals surface area contributed by atoms with Gasteiger partial charge in [-0.05, 0) is 70.8 Å². The quantitative estimate of drug-likeness (QED) is 0.247. The van der Waals surface area contributed by atoms with Crippen molar-refractivity contribution in [2.75, 3.05) is 22.1 Å². The standard InChI is InChI=1S/C35H27N3O6/c1-19(39)36-21-12-14-22(15-13-21)37-28(40)18-44-35(43)20-10-16-23(17-11-20)38-33(41)31-29-24-6-2-3-7-25(24)30(32(31)34(38)42)27-9-5-4-8-26(27)29/h2-17,29-32H,18H2,1H3,(H,36,39)(H,37,40)/t29?,30?,31-,32-/m0/s1. The van der Waals surface area contributed by atoms with Crippen molar-refractivity contribution in [3.63, 3.8) is 0 Å². The van der Waals surface area contributed by atoms with E-state index in [0.29, 0.717) is 17.1 Å². The first-order chi connectivity index (χ1) is 21.3. The van der Waals surface area contributed by atoms with Crippen LogP contribution in [0.3, 0.4) is 0 Å². The average Bonchev–Trinajstić information content (AvgIpc) is 3.30. The molecule has 1 aliphatic heterocycles. The van der Waals surface area contributed by atoms with E-state index in [1.807, 2.05) is 24.3 Å². The third-order valence-corrected chi connectivity index (χ3v) is 8.63. The van der Waals surface area contributed by atoms with E-state index in [1.165, 1.54) is 24.0 Å². The van der Waals surface area contributed by atoms with Gasteiger partial charge in [0.25, 0.3) is 5.91 Å². The fourth-order valence-corrected chi connectivity index (χ4v) is 6.93. The molecular weight excluding hydrogens is 558 g/mol. The van der Waals surface area contributed by atoms with Crippen molar-refractivity contribution in [1.82, 2.24) is 0 Å². The maximum absolute atomic E-state index is 13.9. The number of amides is 4. The van der Waals surface area contributed by atoms with Crippen molar-refractivity contribution >= 4 is 46.7 Å². The number of hydrogen-bond donors (Lipinski definition) is 2. The van der Waals surface area contributed by atoms with Gasteiger partial charge in [0.15, 0.2) is 6.61 Å². The lowest BCUT2D eigenvalue weighted by Gasteiger charge is -2.45. The number of imide groups is 1. The topological polar surface area (TPSA) is 122 Å². The molecule has 0 spiro atoms. The summed E-state index contributed by atoms with van der Waals surface area (Å²) in [6.45, 7) is 0.890. The number of ether oxygens (including phenoxy) is 1. The summed E-state index contributed by atoms with van der Waals surface area (Å²) in [5.41, 5.74) is 6.04. The van der Waals surface area contributed by atoms with Crippen molar-refractivity contribution in [3.05, 3.63) is 125 Å². The Bertz CT molecular complexity index is 1730. The number of benzene rings is 4. The van der Waals surface area contributed by atoms with Crippen LogP contribution in [0.4, 0.5) is 17.1 Å². The molecule has 2 bridgehead atoms. The summed E-state index contributed by atoms with van der Waals surface area (Å²) < 4.78 is 5.18. The zero-order valence-electron chi connectivity index (χ0n) is 23.7. The van der Waals surface area contributed by atoms with Gasteiger partial charge in [-0.1, -0.05) is 48.5 Å². The maximum Gasteiger partial charge on any atom is 0.338 e. The van der Waals surface area contributed by atoms with Gasteiger partial charge in [0.05, 0.1) is 23.1 Å². The highest BCUT2D eigenvalue weighted by Crippen LogP contribution is 2.61. The van der Waals surface area contributed by atoms with Gasteiger partial charge in [0, 0.05) is 30.1 Å². The second-order valence-electron chi connectivity index (χ2n) is 11.2. The lowest BCUT2D eigenvalue weighted by molar-refractivity contribution is -0.122. The smallest absolute Gasteiger partial charge is 0.338 e. The van der Waals surface area contributed by atoms with E-state index in [2.05, 4.69) is 34.9 Å². The molecule has 8 rings (SSSR count). The predicted molar refractivity (Wildman–Crippen MR) is 162 cm³/mol. The van der Waals surface area contributed by atoms with Crippen molar-refractivity contribution in [2.45, 2.75) is 18.8 Å². The van der Waals surface area contributed by atoms with Crippen molar-refractivity contribution in [2.24, 2.45) is 11.8 Å². The molecule has 44 heavy (non-hydrogen) atoms. The molecule has 9 heteroatoms. The molecule has 1 saturated heterocycles. The Balaban J connectivity index is 1.04. The molecule has 9 nitrogen and oxygen atoms in total. The fraction of sp³-hybridized carbons (Fsp3) is 0.171. The molecule has 2 N–H and O–H groups in total. The lowest BCUT2D eigenvalue weighted by Crippen LogP contribution is -2.41. The molecule has 1 fully saturated rings. The van der Waals surface area contributed by atoms with E-state index >= 15 is 0 Å². The number of carbonyl (C=O) groups is 5. The first-order valence-electron chi connectivity index (χ1n) is 14.3. The Labute approximate surface area is 252 Å². The Kier molecular flexibility index (Phi) is 6.58. The SMILES string of the molecule is CC(=O)Nc1ccc(NC(=O)COC(=O)c2ccc(N3C(=O)[C@H]4C5c6ccccc6C(c6ccccc65)[C@@H]4C3=O)cc2)cc1. The molecule has 218 valence electrons. The zero-order chi connectivity index (χ0) is 30.5. The highest BCUT2D eigenvalue weighted by atomic mass is 16.5. The van der Waals surface area contributed by atoms with E-state index in [-0.39, 0.29) is 35.1 Å². The number of rotatable bonds is 6. The van der Waals surface area contributed by atoms with Crippen LogP contribution in [0.2, 0.25) is 0 Å². The zero-order valence-corrected chi connectivity index (χ0v) is 23.7. The normalized spacial score (nSPS) is 20.8. The number of anilines is 3. The molecule has 4 aliphatic rings. The second-order valence-corrected chi connectivity index (χ2v) is 11.2. The molecule has 0 unspecified atom stereocenters. The molecule has 0 aromatic heterocycles. The molecule has 2 atom stereocenters. The first-order valence-corrected chi connectivity index (χ1v) is 14.3. The molecule has 3 aliphatic carbocycles. The minimum Gasteiger partial charge on any atom is -0.452 e. The maximum atomic E-state index is 13.9. The van der Waals surface area contributed by atoms with Crippen LogP contribution in [0.1, 0.15) is 51.4 Å². The van der Waals surface area contributed by atoms with Crippen molar-refractivity contribution < 1.29 is 28.7 Å². The highest BCUT2D eigenvalue weighted by molar-refractivity contribution is 6.23. The lowest BCUT2D eigenvalue weighted by atomic mass is 9.55. The third-order valence-electron chi connectivity index (χ3n) is 8.63. The third kappa shape index (κ3) is 4.44. The van der Waals surface area contributed by atoms with Crippen LogP contribution in [-0.4, -0.2) is 36.2 Å². The summed E-state index contributed by atoms with van der Waals surface area (Å²) in [5.74, 6) is -3.33. The van der Waals surface area contributed by atoms with Crippen LogP contribution in [0, 0.1) is 11.8 Å². The molecule has 0 radical (unpaired) electrons. The highest BCUT2D eigenvalue weighted by Gasteiger charge is 2.61. The second kappa shape index (κ2) is 10.6. The van der Waals surface area contributed by atoms with Gasteiger partial charge in [-0.2, -0.15) is 0 Å². The number of esters is 1. The summed E-state index contributed by atoms with van der Waals surface area (Å²) in [7, 11) is 0. The number of hydrogen-bond acceptors (Lipinski definition) is 6. The van der Waals surface area contributed by atoms with Gasteiger partial charge < -0.3 is 15.4 Å². The summed E-state index contributed by atoms with van der Waals surface area (Å²) >= 11 is 0. The summed E-state index contributed by atoms with van der Waals surface area (Å²) in [4.78, 5) is 65.2. The van der Waals surface area contributed by atoms with Crippen LogP contribution < -0.4 is 15.5 Å². The van der Waals surface area contributed by atoms with E-state index in [1.54, 1.807) is 36.4 Å². The van der Waals surface area contributed by atoms with Crippen LogP contribution >= 0.6 is 0 Å². The predicted octanol–water partition coefficient (Wildman–Crippen LogP) is 4.84. The average molecular weight is 586 g/mol. The van der Waals surface area contributed by atoms with Gasteiger partial charge in [0.1, 0.15) is 0 Å². The van der Waals surface area contributed by atoms with E-state index < -0.39 is 30.3 Å². The van der Waals surface area contributed by atoms with E-state index in [4.69, 9.17) is 4.74 Å². The number of carbonyl (C=O) groups excluding carboxylic acids is 5. The molecule has 4 aromatic rings. The molecule has 4 aromatic carbocycles. The Morgan fingerprint density at radius 2 is 1.11 bits per heavy atom. The Hall–Kier alpha value is -5.57. The Morgan fingerprint density at radius 1 is 0.659 bits per heavy atom.